The molecule has 6 heteroatoms. The van der Waals surface area contributed by atoms with Crippen LogP contribution in [-0.4, -0.2) is 6.36 Å². The Labute approximate surface area is 87.0 Å². The van der Waals surface area contributed by atoms with E-state index >= 15 is 0 Å². The SMILES string of the molecule is NCc1ccc(Br)c(OC(F)(F)F)c1. The van der Waals surface area contributed by atoms with E-state index in [2.05, 4.69) is 20.7 Å². The lowest BCUT2D eigenvalue weighted by Crippen LogP contribution is -2.17. The number of nitrogens with two attached hydrogens (primary N) is 1. The first-order valence-electron chi connectivity index (χ1n) is 3.66. The van der Waals surface area contributed by atoms with Crippen molar-refractivity contribution in [3.63, 3.8) is 0 Å². The molecule has 78 valence electrons. The minimum Gasteiger partial charge on any atom is -0.405 e. The van der Waals surface area contributed by atoms with Gasteiger partial charge >= 0.3 is 6.36 Å². The Morgan fingerprint density at radius 2 is 2.00 bits per heavy atom. The fourth-order valence-corrected chi connectivity index (χ4v) is 1.21. The van der Waals surface area contributed by atoms with Crippen LogP contribution in [0.4, 0.5) is 13.2 Å². The summed E-state index contributed by atoms with van der Waals surface area (Å²) in [6.07, 6.45) is -4.68. The summed E-state index contributed by atoms with van der Waals surface area (Å²) in [6.45, 7) is 0.168. The summed E-state index contributed by atoms with van der Waals surface area (Å²) in [7, 11) is 0. The molecule has 0 aliphatic heterocycles. The van der Waals surface area contributed by atoms with E-state index < -0.39 is 6.36 Å². The molecule has 2 N–H and O–H groups in total. The predicted octanol–water partition coefficient (Wildman–Crippen LogP) is 2.81. The van der Waals surface area contributed by atoms with Gasteiger partial charge in [-0.05, 0) is 33.6 Å². The highest BCUT2D eigenvalue weighted by Gasteiger charge is 2.31. The Morgan fingerprint density at radius 3 is 2.50 bits per heavy atom. The van der Waals surface area contributed by atoms with Crippen LogP contribution in [0.5, 0.6) is 5.75 Å². The average molecular weight is 270 g/mol. The van der Waals surface area contributed by atoms with Crippen LogP contribution in [0, 0.1) is 0 Å². The Bertz CT molecular complexity index is 327. The van der Waals surface area contributed by atoms with Gasteiger partial charge in [-0.2, -0.15) is 0 Å². The Balaban J connectivity index is 2.95. The van der Waals surface area contributed by atoms with Gasteiger partial charge in [0.05, 0.1) is 4.47 Å². The van der Waals surface area contributed by atoms with Crippen molar-refractivity contribution >= 4 is 15.9 Å². The zero-order valence-corrected chi connectivity index (χ0v) is 8.52. The highest BCUT2D eigenvalue weighted by molar-refractivity contribution is 9.10. The van der Waals surface area contributed by atoms with Crippen LogP contribution in [0.25, 0.3) is 0 Å². The van der Waals surface area contributed by atoms with E-state index in [1.54, 1.807) is 6.07 Å². The van der Waals surface area contributed by atoms with Crippen molar-refractivity contribution in [1.29, 1.82) is 0 Å². The maximum absolute atomic E-state index is 11.9. The van der Waals surface area contributed by atoms with Gasteiger partial charge in [0.1, 0.15) is 5.75 Å². The number of alkyl halides is 3. The first kappa shape index (κ1) is 11.3. The molecular formula is C8H7BrF3NO. The Hall–Kier alpha value is -0.750. The van der Waals surface area contributed by atoms with Gasteiger partial charge in [0, 0.05) is 6.54 Å². The summed E-state index contributed by atoms with van der Waals surface area (Å²) < 4.78 is 39.7. The molecule has 0 spiro atoms. The van der Waals surface area contributed by atoms with Gasteiger partial charge in [-0.3, -0.25) is 0 Å². The number of hydrogen-bond donors (Lipinski definition) is 1. The number of halogens is 4. The molecule has 2 nitrogen and oxygen atoms in total. The molecule has 0 bridgehead atoms. The number of rotatable bonds is 2. The van der Waals surface area contributed by atoms with Gasteiger partial charge in [0.25, 0.3) is 0 Å². The number of benzene rings is 1. The summed E-state index contributed by atoms with van der Waals surface area (Å²) >= 11 is 2.95. The largest absolute Gasteiger partial charge is 0.573 e. The maximum Gasteiger partial charge on any atom is 0.573 e. The van der Waals surface area contributed by atoms with E-state index in [1.807, 2.05) is 0 Å². The molecule has 0 aliphatic carbocycles. The molecule has 0 atom stereocenters. The molecule has 0 saturated carbocycles. The Morgan fingerprint density at radius 1 is 1.36 bits per heavy atom. The van der Waals surface area contributed by atoms with Crippen molar-refractivity contribution in [2.75, 3.05) is 0 Å². The van der Waals surface area contributed by atoms with Gasteiger partial charge < -0.3 is 10.5 Å². The maximum atomic E-state index is 11.9. The van der Waals surface area contributed by atoms with Crippen LogP contribution in [0.2, 0.25) is 0 Å². The molecule has 0 fully saturated rings. The first-order valence-corrected chi connectivity index (χ1v) is 4.46. The van der Waals surface area contributed by atoms with Crippen LogP contribution in [-0.2, 0) is 6.54 Å². The lowest BCUT2D eigenvalue weighted by Gasteiger charge is -2.11. The summed E-state index contributed by atoms with van der Waals surface area (Å²) in [5.74, 6) is -0.277. The normalized spacial score (nSPS) is 11.5. The quantitative estimate of drug-likeness (QED) is 0.896. The zero-order valence-electron chi connectivity index (χ0n) is 6.94. The zero-order chi connectivity index (χ0) is 10.8. The van der Waals surface area contributed by atoms with Crippen molar-refractivity contribution in [2.24, 2.45) is 5.73 Å². The van der Waals surface area contributed by atoms with E-state index in [4.69, 9.17) is 5.73 Å². The van der Waals surface area contributed by atoms with Gasteiger partial charge in [-0.25, -0.2) is 0 Å². The third-order valence-electron chi connectivity index (χ3n) is 1.46. The summed E-state index contributed by atoms with van der Waals surface area (Å²) in [5, 5.41) is 0. The summed E-state index contributed by atoms with van der Waals surface area (Å²) in [6, 6.07) is 4.33. The lowest BCUT2D eigenvalue weighted by atomic mass is 10.2. The molecule has 0 aliphatic rings. The predicted molar refractivity (Wildman–Crippen MR) is 48.7 cm³/mol. The molecule has 0 amide bonds. The minimum absolute atomic E-state index is 0.168. The third-order valence-corrected chi connectivity index (χ3v) is 2.11. The van der Waals surface area contributed by atoms with E-state index in [9.17, 15) is 13.2 Å². The van der Waals surface area contributed by atoms with Crippen molar-refractivity contribution in [2.45, 2.75) is 12.9 Å². The molecule has 1 aromatic rings. The fraction of sp³-hybridized carbons (Fsp3) is 0.250. The van der Waals surface area contributed by atoms with Crippen LogP contribution >= 0.6 is 15.9 Å². The number of hydrogen-bond acceptors (Lipinski definition) is 2. The van der Waals surface area contributed by atoms with Crippen molar-refractivity contribution < 1.29 is 17.9 Å². The molecular weight excluding hydrogens is 263 g/mol. The van der Waals surface area contributed by atoms with Gasteiger partial charge in [-0.15, -0.1) is 13.2 Å². The van der Waals surface area contributed by atoms with Crippen LogP contribution in [0.3, 0.4) is 0 Å². The highest BCUT2D eigenvalue weighted by Crippen LogP contribution is 2.30. The fourth-order valence-electron chi connectivity index (χ4n) is 0.878. The van der Waals surface area contributed by atoms with Gasteiger partial charge in [0.15, 0.2) is 0 Å². The monoisotopic (exact) mass is 269 g/mol. The topological polar surface area (TPSA) is 35.2 Å². The molecule has 0 saturated heterocycles. The van der Waals surface area contributed by atoms with Crippen LogP contribution < -0.4 is 10.5 Å². The summed E-state index contributed by atoms with van der Waals surface area (Å²) in [5.41, 5.74) is 5.86. The molecule has 1 rings (SSSR count). The van der Waals surface area contributed by atoms with E-state index in [1.165, 1.54) is 12.1 Å². The van der Waals surface area contributed by atoms with Gasteiger partial charge in [0.2, 0.25) is 0 Å². The van der Waals surface area contributed by atoms with Crippen molar-refractivity contribution in [1.82, 2.24) is 0 Å². The minimum atomic E-state index is -4.68. The molecule has 0 radical (unpaired) electrons. The van der Waals surface area contributed by atoms with Gasteiger partial charge in [-0.1, -0.05) is 6.07 Å². The molecule has 1 aromatic carbocycles. The Kier molecular flexibility index (Phi) is 3.38. The smallest absolute Gasteiger partial charge is 0.405 e. The van der Waals surface area contributed by atoms with Crippen molar-refractivity contribution in [3.8, 4) is 5.75 Å². The third kappa shape index (κ3) is 3.19. The second-order valence-electron chi connectivity index (χ2n) is 2.52. The van der Waals surface area contributed by atoms with E-state index in [0.29, 0.717) is 5.56 Å². The molecule has 0 aromatic heterocycles. The van der Waals surface area contributed by atoms with E-state index in [-0.39, 0.29) is 16.8 Å². The van der Waals surface area contributed by atoms with Crippen molar-refractivity contribution in [3.05, 3.63) is 28.2 Å². The van der Waals surface area contributed by atoms with E-state index in [0.717, 1.165) is 0 Å². The second kappa shape index (κ2) is 4.18. The molecule has 0 heterocycles. The van der Waals surface area contributed by atoms with Crippen LogP contribution in [0.1, 0.15) is 5.56 Å². The average Bonchev–Trinajstić information content (AvgIpc) is 2.06. The highest BCUT2D eigenvalue weighted by atomic mass is 79.9. The second-order valence-corrected chi connectivity index (χ2v) is 3.37. The van der Waals surface area contributed by atoms with Crippen LogP contribution in [0.15, 0.2) is 22.7 Å². The number of ether oxygens (including phenoxy) is 1. The molecule has 14 heavy (non-hydrogen) atoms. The summed E-state index contributed by atoms with van der Waals surface area (Å²) in [4.78, 5) is 0. The lowest BCUT2D eigenvalue weighted by molar-refractivity contribution is -0.274. The standard InChI is InChI=1S/C8H7BrF3NO/c9-6-2-1-5(4-13)3-7(6)14-8(10,11)12/h1-3H,4,13H2. The molecule has 0 unspecified atom stereocenters. The first-order chi connectivity index (χ1) is 6.42.